The predicted octanol–water partition coefficient (Wildman–Crippen LogP) is 2.09. The van der Waals surface area contributed by atoms with Crippen LogP contribution < -0.4 is 4.74 Å². The van der Waals surface area contributed by atoms with Gasteiger partial charge < -0.3 is 9.84 Å². The van der Waals surface area contributed by atoms with Crippen LogP contribution in [0.1, 0.15) is 12.8 Å². The number of nitrogens with zero attached hydrogens (tertiary/aromatic N) is 1. The van der Waals surface area contributed by atoms with Crippen molar-refractivity contribution in [2.24, 2.45) is 5.92 Å². The highest BCUT2D eigenvalue weighted by Gasteiger charge is 2.38. The lowest BCUT2D eigenvalue weighted by molar-refractivity contribution is -0.146. The highest BCUT2D eigenvalue weighted by Crippen LogP contribution is 2.35. The maximum atomic E-state index is 10.9. The molecule has 4 nitrogen and oxygen atoms in total. The van der Waals surface area contributed by atoms with Crippen LogP contribution in [0, 0.1) is 5.92 Å². The molecule has 1 atom stereocenters. The topological polar surface area (TPSA) is 59.4 Å². The molecule has 1 N–H and O–H groups in total. The number of halogens is 1. The second-order valence-corrected chi connectivity index (χ2v) is 4.47. The Bertz CT molecular complexity index is 379. The first-order valence-corrected chi connectivity index (χ1v) is 5.46. The molecule has 0 saturated heterocycles. The normalized spacial score (nSPS) is 17.1. The van der Waals surface area contributed by atoms with Gasteiger partial charge in [-0.2, -0.15) is 0 Å². The van der Waals surface area contributed by atoms with Crippen molar-refractivity contribution in [1.29, 1.82) is 0 Å². The number of pyridine rings is 1. The van der Waals surface area contributed by atoms with Gasteiger partial charge >= 0.3 is 5.97 Å². The molecule has 15 heavy (non-hydrogen) atoms. The zero-order valence-corrected chi connectivity index (χ0v) is 9.48. The Hall–Kier alpha value is -1.10. The first kappa shape index (κ1) is 10.4. The molecule has 0 bridgehead atoms. The van der Waals surface area contributed by atoms with E-state index in [4.69, 9.17) is 9.84 Å². The van der Waals surface area contributed by atoms with Gasteiger partial charge in [-0.05, 0) is 34.8 Å². The molecule has 1 saturated carbocycles. The zero-order valence-electron chi connectivity index (χ0n) is 7.89. The van der Waals surface area contributed by atoms with Crippen molar-refractivity contribution in [3.63, 3.8) is 0 Å². The number of hydrogen-bond donors (Lipinski definition) is 1. The van der Waals surface area contributed by atoms with Crippen molar-refractivity contribution in [3.8, 4) is 5.75 Å². The van der Waals surface area contributed by atoms with Gasteiger partial charge in [0.2, 0.25) is 0 Å². The molecule has 1 unspecified atom stereocenters. The average molecular weight is 272 g/mol. The Morgan fingerprint density at radius 3 is 2.87 bits per heavy atom. The van der Waals surface area contributed by atoms with Crippen LogP contribution in [0.4, 0.5) is 0 Å². The third-order valence-corrected chi connectivity index (χ3v) is 2.67. The molecule has 5 heteroatoms. The van der Waals surface area contributed by atoms with Crippen LogP contribution >= 0.6 is 15.9 Å². The summed E-state index contributed by atoms with van der Waals surface area (Å²) in [5, 5.41) is 8.96. The third kappa shape index (κ3) is 2.68. The van der Waals surface area contributed by atoms with Gasteiger partial charge in [-0.15, -0.1) is 0 Å². The summed E-state index contributed by atoms with van der Waals surface area (Å²) in [6.07, 6.45) is 4.26. The molecule has 1 aromatic heterocycles. The van der Waals surface area contributed by atoms with Gasteiger partial charge in [0, 0.05) is 16.6 Å². The molecule has 80 valence electrons. The van der Waals surface area contributed by atoms with Gasteiger partial charge in [-0.3, -0.25) is 4.98 Å². The number of rotatable bonds is 4. The molecule has 0 aliphatic heterocycles. The first-order valence-electron chi connectivity index (χ1n) is 4.67. The van der Waals surface area contributed by atoms with Gasteiger partial charge in [-0.25, -0.2) is 4.79 Å². The molecule has 1 fully saturated rings. The quantitative estimate of drug-likeness (QED) is 0.911. The lowest BCUT2D eigenvalue weighted by Crippen LogP contribution is -2.29. The number of aromatic nitrogens is 1. The van der Waals surface area contributed by atoms with Gasteiger partial charge in [0.15, 0.2) is 6.10 Å². The monoisotopic (exact) mass is 271 g/mol. The number of carbonyl (C=O) groups is 1. The summed E-state index contributed by atoms with van der Waals surface area (Å²) in [6.45, 7) is 0. The minimum absolute atomic E-state index is 0.154. The Kier molecular flexibility index (Phi) is 2.90. The van der Waals surface area contributed by atoms with E-state index in [0.717, 1.165) is 17.3 Å². The number of ether oxygens (including phenoxy) is 1. The van der Waals surface area contributed by atoms with E-state index >= 15 is 0 Å². The summed E-state index contributed by atoms with van der Waals surface area (Å²) in [5.74, 6) is -0.261. The summed E-state index contributed by atoms with van der Waals surface area (Å²) in [4.78, 5) is 14.8. The van der Waals surface area contributed by atoms with E-state index in [0.29, 0.717) is 5.75 Å². The number of hydrogen-bond acceptors (Lipinski definition) is 3. The maximum Gasteiger partial charge on any atom is 0.345 e. The van der Waals surface area contributed by atoms with E-state index in [-0.39, 0.29) is 5.92 Å². The van der Waals surface area contributed by atoms with Crippen LogP contribution in [0.5, 0.6) is 5.75 Å². The van der Waals surface area contributed by atoms with Crippen molar-refractivity contribution >= 4 is 21.9 Å². The minimum atomic E-state index is -0.905. The minimum Gasteiger partial charge on any atom is -0.478 e. The lowest BCUT2D eigenvalue weighted by Gasteiger charge is -2.13. The summed E-state index contributed by atoms with van der Waals surface area (Å²) in [5.41, 5.74) is 0. The molecule has 0 amide bonds. The molecule has 1 aliphatic rings. The van der Waals surface area contributed by atoms with Crippen molar-refractivity contribution in [2.45, 2.75) is 18.9 Å². The molecule has 1 heterocycles. The number of carboxylic acids is 1. The predicted molar refractivity (Wildman–Crippen MR) is 56.7 cm³/mol. The number of aliphatic carboxylic acids is 1. The van der Waals surface area contributed by atoms with Crippen LogP contribution in [-0.2, 0) is 4.79 Å². The van der Waals surface area contributed by atoms with E-state index in [1.165, 1.54) is 6.20 Å². The van der Waals surface area contributed by atoms with Gasteiger partial charge in [0.05, 0.1) is 6.20 Å². The van der Waals surface area contributed by atoms with Crippen LogP contribution in [0.15, 0.2) is 22.9 Å². The molecule has 0 radical (unpaired) electrons. The van der Waals surface area contributed by atoms with Crippen LogP contribution in [0.2, 0.25) is 0 Å². The Labute approximate surface area is 95.4 Å². The average Bonchev–Trinajstić information content (AvgIpc) is 2.97. The van der Waals surface area contributed by atoms with Crippen molar-refractivity contribution < 1.29 is 14.6 Å². The summed E-state index contributed by atoms with van der Waals surface area (Å²) in [6, 6.07) is 1.71. The van der Waals surface area contributed by atoms with Gasteiger partial charge in [0.25, 0.3) is 0 Å². The molecule has 1 aliphatic carbocycles. The fourth-order valence-corrected chi connectivity index (χ4v) is 1.69. The fraction of sp³-hybridized carbons (Fsp3) is 0.400. The van der Waals surface area contributed by atoms with Gasteiger partial charge in [0.1, 0.15) is 5.75 Å². The standard InChI is InChI=1S/C10H10BrNO3/c11-7-3-8(5-12-4-7)15-9(10(13)14)6-1-2-6/h3-6,9H,1-2H2,(H,13,14). The van der Waals surface area contributed by atoms with E-state index in [2.05, 4.69) is 20.9 Å². The smallest absolute Gasteiger partial charge is 0.345 e. The van der Waals surface area contributed by atoms with E-state index < -0.39 is 12.1 Å². The maximum absolute atomic E-state index is 10.9. The lowest BCUT2D eigenvalue weighted by atomic mass is 10.2. The summed E-state index contributed by atoms with van der Waals surface area (Å²) in [7, 11) is 0. The molecular formula is C10H10BrNO3. The van der Waals surface area contributed by atoms with Crippen LogP contribution in [0.25, 0.3) is 0 Å². The Balaban J connectivity index is 2.08. The van der Waals surface area contributed by atoms with Crippen molar-refractivity contribution in [3.05, 3.63) is 22.9 Å². The SMILES string of the molecule is O=C(O)C(Oc1cncc(Br)c1)C1CC1. The highest BCUT2D eigenvalue weighted by atomic mass is 79.9. The largest absolute Gasteiger partial charge is 0.478 e. The summed E-state index contributed by atoms with van der Waals surface area (Å²) >= 11 is 3.25. The third-order valence-electron chi connectivity index (χ3n) is 2.24. The number of carboxylic acid groups (broad SMARTS) is 1. The van der Waals surface area contributed by atoms with Crippen LogP contribution in [0.3, 0.4) is 0 Å². The summed E-state index contributed by atoms with van der Waals surface area (Å²) < 4.78 is 6.17. The molecular weight excluding hydrogens is 262 g/mol. The van der Waals surface area contributed by atoms with E-state index in [1.54, 1.807) is 12.3 Å². The van der Waals surface area contributed by atoms with Gasteiger partial charge in [-0.1, -0.05) is 0 Å². The second kappa shape index (κ2) is 4.18. The van der Waals surface area contributed by atoms with E-state index in [9.17, 15) is 4.79 Å². The molecule has 0 aromatic carbocycles. The van der Waals surface area contributed by atoms with Crippen molar-refractivity contribution in [1.82, 2.24) is 4.98 Å². The fourth-order valence-electron chi connectivity index (χ4n) is 1.35. The van der Waals surface area contributed by atoms with Crippen molar-refractivity contribution in [2.75, 3.05) is 0 Å². The second-order valence-electron chi connectivity index (χ2n) is 3.55. The molecule has 2 rings (SSSR count). The highest BCUT2D eigenvalue weighted by molar-refractivity contribution is 9.10. The zero-order chi connectivity index (χ0) is 10.8. The van der Waals surface area contributed by atoms with Crippen LogP contribution in [-0.4, -0.2) is 22.2 Å². The molecule has 1 aromatic rings. The Morgan fingerprint density at radius 2 is 2.33 bits per heavy atom. The Morgan fingerprint density at radius 1 is 1.60 bits per heavy atom. The first-order chi connectivity index (χ1) is 7.16. The van der Waals surface area contributed by atoms with E-state index in [1.807, 2.05) is 0 Å². The molecule has 0 spiro atoms.